The highest BCUT2D eigenvalue weighted by atomic mass is 16.5. The molecule has 0 amide bonds. The Balaban J connectivity index is 2.23. The van der Waals surface area contributed by atoms with Crippen LogP contribution in [0.25, 0.3) is 0 Å². The van der Waals surface area contributed by atoms with Gasteiger partial charge in [-0.15, -0.1) is 0 Å². The van der Waals surface area contributed by atoms with Crippen LogP contribution in [0.4, 0.5) is 0 Å². The molecule has 0 aliphatic carbocycles. The summed E-state index contributed by atoms with van der Waals surface area (Å²) in [6.07, 6.45) is 0.886. The third-order valence-electron chi connectivity index (χ3n) is 1.54. The van der Waals surface area contributed by atoms with E-state index in [0.29, 0.717) is 19.4 Å². The van der Waals surface area contributed by atoms with Gasteiger partial charge in [-0.1, -0.05) is 0 Å². The number of ether oxygens (including phenoxy) is 1. The number of aliphatic hydroxyl groups is 2. The molecule has 3 heteroatoms. The van der Waals surface area contributed by atoms with Crippen molar-refractivity contribution in [1.82, 2.24) is 0 Å². The summed E-state index contributed by atoms with van der Waals surface area (Å²) in [6.45, 7) is 0.601. The van der Waals surface area contributed by atoms with E-state index in [1.165, 1.54) is 0 Å². The summed E-state index contributed by atoms with van der Waals surface area (Å²) in [7, 11) is 0. The first kappa shape index (κ1) is 6.99. The smallest absolute Gasteiger partial charge is 0.0830 e. The van der Waals surface area contributed by atoms with E-state index < -0.39 is 0 Å². The van der Waals surface area contributed by atoms with E-state index in [9.17, 15) is 0 Å². The minimum Gasteiger partial charge on any atom is -0.394 e. The first-order valence-electron chi connectivity index (χ1n) is 3.23. The van der Waals surface area contributed by atoms with Crippen molar-refractivity contribution in [1.29, 1.82) is 0 Å². The molecular weight excluding hydrogens is 120 g/mol. The fraction of sp³-hybridized carbons (Fsp3) is 1.00. The second-order valence-electron chi connectivity index (χ2n) is 2.35. The minimum atomic E-state index is -0.268. The van der Waals surface area contributed by atoms with Crippen molar-refractivity contribution >= 4 is 0 Å². The zero-order valence-electron chi connectivity index (χ0n) is 5.29. The normalized spacial score (nSPS) is 36.7. The average molecular weight is 132 g/mol. The molecule has 0 bridgehead atoms. The molecule has 0 aromatic rings. The Morgan fingerprint density at radius 2 is 2.33 bits per heavy atom. The lowest BCUT2D eigenvalue weighted by molar-refractivity contribution is -0.0642. The molecule has 54 valence electrons. The second-order valence-corrected chi connectivity index (χ2v) is 2.35. The first-order chi connectivity index (χ1) is 4.33. The number of hydrogen-bond acceptors (Lipinski definition) is 3. The molecular formula is C6H12O3. The fourth-order valence-electron chi connectivity index (χ4n) is 0.987. The fourth-order valence-corrected chi connectivity index (χ4v) is 0.987. The van der Waals surface area contributed by atoms with Crippen molar-refractivity contribution in [3.63, 3.8) is 0 Å². The molecule has 1 fully saturated rings. The lowest BCUT2D eigenvalue weighted by Gasteiger charge is -2.24. The molecule has 0 saturated carbocycles. The van der Waals surface area contributed by atoms with Gasteiger partial charge in [-0.25, -0.2) is 0 Å². The summed E-state index contributed by atoms with van der Waals surface area (Å²) >= 11 is 0. The first-order valence-corrected chi connectivity index (χ1v) is 3.23. The molecule has 0 radical (unpaired) electrons. The van der Waals surface area contributed by atoms with Crippen molar-refractivity contribution in [2.45, 2.75) is 25.0 Å². The number of rotatable bonds is 1. The molecule has 2 atom stereocenters. The Labute approximate surface area is 54.3 Å². The molecule has 0 aromatic heterocycles. The molecule has 1 rings (SSSR count). The molecule has 3 nitrogen and oxygen atoms in total. The van der Waals surface area contributed by atoms with Crippen molar-refractivity contribution in [2.24, 2.45) is 0 Å². The van der Waals surface area contributed by atoms with Crippen LogP contribution in [0, 0.1) is 0 Å². The maximum absolute atomic E-state index is 9.02. The van der Waals surface area contributed by atoms with Gasteiger partial charge in [0.25, 0.3) is 0 Å². The molecule has 0 spiro atoms. The Kier molecular flexibility index (Phi) is 2.45. The number of hydrogen-bond donors (Lipinski definition) is 2. The molecule has 1 heterocycles. The quantitative estimate of drug-likeness (QED) is 0.506. The summed E-state index contributed by atoms with van der Waals surface area (Å²) in [5.41, 5.74) is 0. The van der Waals surface area contributed by atoms with Gasteiger partial charge < -0.3 is 14.9 Å². The Morgan fingerprint density at radius 1 is 1.56 bits per heavy atom. The van der Waals surface area contributed by atoms with Crippen LogP contribution in [0.5, 0.6) is 0 Å². The van der Waals surface area contributed by atoms with Gasteiger partial charge in [0, 0.05) is 13.0 Å². The Hall–Kier alpha value is -0.120. The van der Waals surface area contributed by atoms with E-state index in [1.807, 2.05) is 0 Å². The van der Waals surface area contributed by atoms with Gasteiger partial charge in [0.1, 0.15) is 0 Å². The van der Waals surface area contributed by atoms with E-state index in [0.717, 1.165) is 0 Å². The standard InChI is InChI=1S/C6H12O3/c7-4-6-3-5(8)1-2-9-6/h5-8H,1-4H2/t5-,6-/m0/s1. The van der Waals surface area contributed by atoms with Gasteiger partial charge in [-0.2, -0.15) is 0 Å². The largest absolute Gasteiger partial charge is 0.394 e. The summed E-state index contributed by atoms with van der Waals surface area (Å²) in [5, 5.41) is 17.6. The third kappa shape index (κ3) is 1.93. The van der Waals surface area contributed by atoms with Gasteiger partial charge in [-0.05, 0) is 6.42 Å². The van der Waals surface area contributed by atoms with Gasteiger partial charge in [-0.3, -0.25) is 0 Å². The molecule has 1 saturated heterocycles. The maximum Gasteiger partial charge on any atom is 0.0830 e. The zero-order chi connectivity index (χ0) is 6.69. The Morgan fingerprint density at radius 3 is 2.78 bits per heavy atom. The summed E-state index contributed by atoms with van der Waals surface area (Å²) in [4.78, 5) is 0. The lowest BCUT2D eigenvalue weighted by atomic mass is 10.1. The second kappa shape index (κ2) is 3.15. The predicted molar refractivity (Wildman–Crippen MR) is 32.1 cm³/mol. The van der Waals surface area contributed by atoms with Crippen LogP contribution in [0.2, 0.25) is 0 Å². The molecule has 0 unspecified atom stereocenters. The van der Waals surface area contributed by atoms with E-state index in [1.54, 1.807) is 0 Å². The highest BCUT2D eigenvalue weighted by molar-refractivity contribution is 4.68. The third-order valence-corrected chi connectivity index (χ3v) is 1.54. The van der Waals surface area contributed by atoms with Crippen molar-refractivity contribution < 1.29 is 14.9 Å². The average Bonchev–Trinajstić information content (AvgIpc) is 1.88. The predicted octanol–water partition coefficient (Wildman–Crippen LogP) is -0.481. The topological polar surface area (TPSA) is 49.7 Å². The van der Waals surface area contributed by atoms with Crippen LogP contribution in [0.1, 0.15) is 12.8 Å². The Bertz CT molecular complexity index is 84.4. The van der Waals surface area contributed by atoms with Crippen LogP contribution in [-0.2, 0) is 4.74 Å². The summed E-state index contributed by atoms with van der Waals surface area (Å²) < 4.78 is 5.09. The van der Waals surface area contributed by atoms with Crippen LogP contribution in [-0.4, -0.2) is 35.6 Å². The highest BCUT2D eigenvalue weighted by Gasteiger charge is 2.19. The van der Waals surface area contributed by atoms with Gasteiger partial charge >= 0.3 is 0 Å². The van der Waals surface area contributed by atoms with Crippen LogP contribution < -0.4 is 0 Å². The zero-order valence-corrected chi connectivity index (χ0v) is 5.29. The highest BCUT2D eigenvalue weighted by Crippen LogP contribution is 2.12. The van der Waals surface area contributed by atoms with Crippen LogP contribution in [0.3, 0.4) is 0 Å². The maximum atomic E-state index is 9.02. The molecule has 2 N–H and O–H groups in total. The van der Waals surface area contributed by atoms with Crippen molar-refractivity contribution in [2.75, 3.05) is 13.2 Å². The number of aliphatic hydroxyl groups excluding tert-OH is 2. The minimum absolute atomic E-state index is 0.0249. The van der Waals surface area contributed by atoms with Gasteiger partial charge in [0.15, 0.2) is 0 Å². The van der Waals surface area contributed by atoms with Crippen LogP contribution >= 0.6 is 0 Å². The van der Waals surface area contributed by atoms with Gasteiger partial charge in [0.2, 0.25) is 0 Å². The molecule has 1 aliphatic rings. The van der Waals surface area contributed by atoms with E-state index in [-0.39, 0.29) is 18.8 Å². The van der Waals surface area contributed by atoms with E-state index in [2.05, 4.69) is 0 Å². The van der Waals surface area contributed by atoms with Gasteiger partial charge in [0.05, 0.1) is 18.8 Å². The lowest BCUT2D eigenvalue weighted by Crippen LogP contribution is -2.31. The monoisotopic (exact) mass is 132 g/mol. The van der Waals surface area contributed by atoms with E-state index >= 15 is 0 Å². The van der Waals surface area contributed by atoms with Crippen molar-refractivity contribution in [3.8, 4) is 0 Å². The summed E-state index contributed by atoms with van der Waals surface area (Å²) in [5.74, 6) is 0. The SMILES string of the molecule is OC[C@@H]1C[C@@H](O)CCO1. The van der Waals surface area contributed by atoms with Crippen molar-refractivity contribution in [3.05, 3.63) is 0 Å². The molecule has 1 aliphatic heterocycles. The van der Waals surface area contributed by atoms with E-state index in [4.69, 9.17) is 14.9 Å². The molecule has 0 aromatic carbocycles. The molecule has 9 heavy (non-hydrogen) atoms. The summed E-state index contributed by atoms with van der Waals surface area (Å²) in [6, 6.07) is 0. The van der Waals surface area contributed by atoms with Crippen LogP contribution in [0.15, 0.2) is 0 Å².